The topological polar surface area (TPSA) is 62.2 Å². The van der Waals surface area contributed by atoms with Crippen LogP contribution in [-0.2, 0) is 0 Å². The molecule has 1 amide bonds. The summed E-state index contributed by atoms with van der Waals surface area (Å²) < 4.78 is 0. The minimum Gasteiger partial charge on any atom is -0.387 e. The number of rotatable bonds is 5. The lowest BCUT2D eigenvalue weighted by Crippen LogP contribution is -2.28. The van der Waals surface area contributed by atoms with E-state index in [4.69, 9.17) is 4.98 Å². The van der Waals surface area contributed by atoms with E-state index in [2.05, 4.69) is 5.32 Å². The summed E-state index contributed by atoms with van der Waals surface area (Å²) >= 11 is 0. The highest BCUT2D eigenvalue weighted by atomic mass is 16.3. The number of nitrogens with one attached hydrogen (secondary N) is 1. The molecule has 4 rings (SSSR count). The third-order valence-corrected chi connectivity index (χ3v) is 4.62. The number of carbonyl (C=O) groups excluding carboxylic acids is 1. The van der Waals surface area contributed by atoms with E-state index in [0.717, 1.165) is 35.0 Å². The summed E-state index contributed by atoms with van der Waals surface area (Å²) in [4.78, 5) is 17.4. The number of fused-ring (bicyclic) bond motifs is 1. The van der Waals surface area contributed by atoms with Crippen molar-refractivity contribution < 1.29 is 9.90 Å². The van der Waals surface area contributed by atoms with Crippen LogP contribution in [0.15, 0.2) is 60.7 Å². The summed E-state index contributed by atoms with van der Waals surface area (Å²) in [6.07, 6.45) is 1.55. The minimum absolute atomic E-state index is 0.171. The van der Waals surface area contributed by atoms with E-state index in [9.17, 15) is 9.90 Å². The average Bonchev–Trinajstić information content (AvgIpc) is 3.51. The van der Waals surface area contributed by atoms with E-state index in [-0.39, 0.29) is 12.5 Å². The van der Waals surface area contributed by atoms with Gasteiger partial charge in [-0.25, -0.2) is 0 Å². The quantitative estimate of drug-likeness (QED) is 0.751. The van der Waals surface area contributed by atoms with Crippen molar-refractivity contribution in [2.75, 3.05) is 6.54 Å². The molecule has 126 valence electrons. The molecule has 1 aromatic heterocycles. The van der Waals surface area contributed by atoms with Gasteiger partial charge >= 0.3 is 0 Å². The van der Waals surface area contributed by atoms with Crippen molar-refractivity contribution in [3.05, 3.63) is 77.5 Å². The molecule has 0 saturated heterocycles. The molecule has 0 radical (unpaired) electrons. The monoisotopic (exact) mass is 332 g/mol. The number of nitrogens with zero attached hydrogens (tertiary/aromatic N) is 1. The Kier molecular flexibility index (Phi) is 4.20. The number of aromatic nitrogens is 1. The number of pyridine rings is 1. The fourth-order valence-corrected chi connectivity index (χ4v) is 3.05. The van der Waals surface area contributed by atoms with Crippen LogP contribution in [0.25, 0.3) is 10.9 Å². The molecule has 1 saturated carbocycles. The molecule has 0 spiro atoms. The second kappa shape index (κ2) is 6.65. The molecule has 1 fully saturated rings. The molecule has 4 heteroatoms. The van der Waals surface area contributed by atoms with Crippen LogP contribution in [0.2, 0.25) is 0 Å². The van der Waals surface area contributed by atoms with Crippen LogP contribution in [0, 0.1) is 0 Å². The molecular weight excluding hydrogens is 312 g/mol. The zero-order valence-corrected chi connectivity index (χ0v) is 13.9. The summed E-state index contributed by atoms with van der Waals surface area (Å²) in [6, 6.07) is 19.0. The van der Waals surface area contributed by atoms with Crippen molar-refractivity contribution in [1.29, 1.82) is 0 Å². The number of carbonyl (C=O) groups is 1. The molecule has 1 aliphatic carbocycles. The number of aliphatic hydroxyl groups is 1. The fourth-order valence-electron chi connectivity index (χ4n) is 3.05. The van der Waals surface area contributed by atoms with Crippen molar-refractivity contribution in [2.24, 2.45) is 0 Å². The fraction of sp³-hybridized carbons (Fsp3) is 0.238. The molecular formula is C21H20N2O2. The van der Waals surface area contributed by atoms with Gasteiger partial charge in [0.1, 0.15) is 0 Å². The summed E-state index contributed by atoms with van der Waals surface area (Å²) in [5.74, 6) is 0.307. The Balaban J connectivity index is 1.57. The zero-order valence-electron chi connectivity index (χ0n) is 13.9. The lowest BCUT2D eigenvalue weighted by atomic mass is 10.0. The number of hydrogen-bond donors (Lipinski definition) is 2. The highest BCUT2D eigenvalue weighted by Crippen LogP contribution is 2.40. The van der Waals surface area contributed by atoms with E-state index in [0.29, 0.717) is 11.5 Å². The molecule has 2 N–H and O–H groups in total. The average molecular weight is 332 g/mol. The Morgan fingerprint density at radius 2 is 1.84 bits per heavy atom. The van der Waals surface area contributed by atoms with Gasteiger partial charge in [-0.15, -0.1) is 0 Å². The molecule has 25 heavy (non-hydrogen) atoms. The van der Waals surface area contributed by atoms with Gasteiger partial charge in [0.2, 0.25) is 0 Å². The normalized spacial score (nSPS) is 15.1. The van der Waals surface area contributed by atoms with Gasteiger partial charge in [0.15, 0.2) is 0 Å². The molecule has 0 unspecified atom stereocenters. The van der Waals surface area contributed by atoms with Gasteiger partial charge in [-0.1, -0.05) is 48.5 Å². The Morgan fingerprint density at radius 3 is 2.60 bits per heavy atom. The predicted octanol–water partition coefficient (Wildman–Crippen LogP) is 3.58. The number of benzene rings is 2. The van der Waals surface area contributed by atoms with Crippen LogP contribution in [0.4, 0.5) is 0 Å². The zero-order chi connectivity index (χ0) is 17.2. The molecule has 1 aliphatic rings. The molecule has 2 aromatic carbocycles. The molecule has 1 heterocycles. The molecule has 0 bridgehead atoms. The smallest absolute Gasteiger partial charge is 0.252 e. The highest BCUT2D eigenvalue weighted by Gasteiger charge is 2.27. The second-order valence-electron chi connectivity index (χ2n) is 6.52. The number of para-hydroxylation sites is 1. The van der Waals surface area contributed by atoms with Gasteiger partial charge in [-0.3, -0.25) is 9.78 Å². The van der Waals surface area contributed by atoms with Crippen molar-refractivity contribution in [2.45, 2.75) is 24.9 Å². The van der Waals surface area contributed by atoms with E-state index in [1.54, 1.807) is 0 Å². The lowest BCUT2D eigenvalue weighted by Gasteiger charge is -2.14. The van der Waals surface area contributed by atoms with E-state index in [1.807, 2.05) is 60.7 Å². The summed E-state index contributed by atoms with van der Waals surface area (Å²) in [5, 5.41) is 14.0. The standard InChI is InChI=1S/C21H20N2O2/c24-20(15-6-2-1-3-7-15)13-22-21(25)17-12-19(14-10-11-14)23-18-9-5-4-8-16(17)18/h1-9,12,14,20,24H,10-11,13H2,(H,22,25)/t20-/m1/s1. The Hall–Kier alpha value is -2.72. The van der Waals surface area contributed by atoms with Crippen LogP contribution in [0.3, 0.4) is 0 Å². The van der Waals surface area contributed by atoms with Crippen LogP contribution >= 0.6 is 0 Å². The van der Waals surface area contributed by atoms with E-state index >= 15 is 0 Å². The van der Waals surface area contributed by atoms with Crippen molar-refractivity contribution in [3.8, 4) is 0 Å². The second-order valence-corrected chi connectivity index (χ2v) is 6.52. The summed E-state index contributed by atoms with van der Waals surface area (Å²) in [5.41, 5.74) is 3.27. The third kappa shape index (κ3) is 3.39. The third-order valence-electron chi connectivity index (χ3n) is 4.62. The number of amides is 1. The maximum Gasteiger partial charge on any atom is 0.252 e. The number of aliphatic hydroxyl groups excluding tert-OH is 1. The molecule has 1 atom stereocenters. The van der Waals surface area contributed by atoms with Gasteiger partial charge in [0.05, 0.1) is 17.2 Å². The Morgan fingerprint density at radius 1 is 1.12 bits per heavy atom. The van der Waals surface area contributed by atoms with E-state index in [1.165, 1.54) is 0 Å². The summed E-state index contributed by atoms with van der Waals surface area (Å²) in [7, 11) is 0. The number of hydrogen-bond acceptors (Lipinski definition) is 3. The minimum atomic E-state index is -0.721. The first kappa shape index (κ1) is 15.8. The van der Waals surface area contributed by atoms with Gasteiger partial charge in [0, 0.05) is 23.5 Å². The first-order valence-corrected chi connectivity index (χ1v) is 8.63. The van der Waals surface area contributed by atoms with Gasteiger partial charge in [-0.05, 0) is 30.5 Å². The van der Waals surface area contributed by atoms with Crippen LogP contribution < -0.4 is 5.32 Å². The van der Waals surface area contributed by atoms with Crippen LogP contribution in [0.5, 0.6) is 0 Å². The predicted molar refractivity (Wildman–Crippen MR) is 97.5 cm³/mol. The Labute approximate surface area is 146 Å². The maximum absolute atomic E-state index is 12.7. The lowest BCUT2D eigenvalue weighted by molar-refractivity contribution is 0.0918. The van der Waals surface area contributed by atoms with Crippen molar-refractivity contribution >= 4 is 16.8 Å². The van der Waals surface area contributed by atoms with Crippen LogP contribution in [0.1, 0.15) is 46.5 Å². The summed E-state index contributed by atoms with van der Waals surface area (Å²) in [6.45, 7) is 0.179. The van der Waals surface area contributed by atoms with Gasteiger partial charge < -0.3 is 10.4 Å². The molecule has 0 aliphatic heterocycles. The van der Waals surface area contributed by atoms with Crippen molar-refractivity contribution in [1.82, 2.24) is 10.3 Å². The highest BCUT2D eigenvalue weighted by molar-refractivity contribution is 6.06. The van der Waals surface area contributed by atoms with Gasteiger partial charge in [0.25, 0.3) is 5.91 Å². The van der Waals surface area contributed by atoms with Crippen molar-refractivity contribution in [3.63, 3.8) is 0 Å². The van der Waals surface area contributed by atoms with E-state index < -0.39 is 6.10 Å². The maximum atomic E-state index is 12.7. The van der Waals surface area contributed by atoms with Crippen LogP contribution in [-0.4, -0.2) is 22.5 Å². The van der Waals surface area contributed by atoms with Gasteiger partial charge in [-0.2, -0.15) is 0 Å². The molecule has 4 nitrogen and oxygen atoms in total. The first-order valence-electron chi connectivity index (χ1n) is 8.63. The first-order chi connectivity index (χ1) is 12.2. The SMILES string of the molecule is O=C(NC[C@@H](O)c1ccccc1)c1cc(C2CC2)nc2ccccc12. The largest absolute Gasteiger partial charge is 0.387 e. The Bertz CT molecular complexity index is 904. The molecule has 3 aromatic rings.